The van der Waals surface area contributed by atoms with E-state index in [0.29, 0.717) is 6.61 Å². The first-order valence-electron chi connectivity index (χ1n) is 5.85. The monoisotopic (exact) mass is 225 g/mol. The van der Waals surface area contributed by atoms with E-state index in [1.165, 1.54) is 25.3 Å². The largest absolute Gasteiger partial charge is 0.396 e. The van der Waals surface area contributed by atoms with Gasteiger partial charge >= 0.3 is 0 Å². The third kappa shape index (κ3) is 4.62. The summed E-state index contributed by atoms with van der Waals surface area (Å²) in [7, 11) is 0. The van der Waals surface area contributed by atoms with Gasteiger partial charge in [0, 0.05) is 6.61 Å². The summed E-state index contributed by atoms with van der Waals surface area (Å²) in [5, 5.41) is 0. The van der Waals surface area contributed by atoms with E-state index in [-0.39, 0.29) is 11.5 Å². The molecule has 2 nitrogen and oxygen atoms in total. The standard InChI is InChI=1S/C13H20FNO/c1-2-3-4-5-8-16-10-11-6-7-13(15)12(14)9-11/h6-7,9H,2-5,8,10,15H2,1H3. The van der Waals surface area contributed by atoms with Crippen LogP contribution >= 0.6 is 0 Å². The van der Waals surface area contributed by atoms with E-state index in [2.05, 4.69) is 6.92 Å². The van der Waals surface area contributed by atoms with E-state index in [4.69, 9.17) is 10.5 Å². The molecule has 0 bridgehead atoms. The first-order valence-corrected chi connectivity index (χ1v) is 5.85. The van der Waals surface area contributed by atoms with E-state index >= 15 is 0 Å². The molecule has 0 radical (unpaired) electrons. The fraction of sp³-hybridized carbons (Fsp3) is 0.538. The predicted octanol–water partition coefficient (Wildman–Crippen LogP) is 3.50. The fourth-order valence-electron chi connectivity index (χ4n) is 1.48. The van der Waals surface area contributed by atoms with Crippen LogP contribution in [0, 0.1) is 5.82 Å². The minimum absolute atomic E-state index is 0.187. The third-order valence-corrected chi connectivity index (χ3v) is 2.48. The summed E-state index contributed by atoms with van der Waals surface area (Å²) < 4.78 is 18.5. The lowest BCUT2D eigenvalue weighted by atomic mass is 10.2. The number of ether oxygens (including phenoxy) is 1. The summed E-state index contributed by atoms with van der Waals surface area (Å²) in [6.07, 6.45) is 4.75. The zero-order chi connectivity index (χ0) is 11.8. The smallest absolute Gasteiger partial charge is 0.146 e. The van der Waals surface area contributed by atoms with Gasteiger partial charge in [-0.05, 0) is 24.1 Å². The van der Waals surface area contributed by atoms with Crippen LogP contribution in [0.25, 0.3) is 0 Å². The maximum Gasteiger partial charge on any atom is 0.146 e. The van der Waals surface area contributed by atoms with E-state index in [0.717, 1.165) is 18.6 Å². The van der Waals surface area contributed by atoms with Gasteiger partial charge < -0.3 is 10.5 Å². The molecule has 0 amide bonds. The Balaban J connectivity index is 2.19. The SMILES string of the molecule is CCCCCCOCc1ccc(N)c(F)c1. The molecule has 0 aliphatic carbocycles. The van der Waals surface area contributed by atoms with Crippen LogP contribution in [0.15, 0.2) is 18.2 Å². The number of halogens is 1. The Hall–Kier alpha value is -1.09. The van der Waals surface area contributed by atoms with Gasteiger partial charge in [-0.15, -0.1) is 0 Å². The number of hydrogen-bond donors (Lipinski definition) is 1. The molecule has 0 saturated heterocycles. The summed E-state index contributed by atoms with van der Waals surface area (Å²) in [6, 6.07) is 4.80. The highest BCUT2D eigenvalue weighted by Gasteiger charge is 1.99. The Morgan fingerprint density at radius 3 is 2.75 bits per heavy atom. The Labute approximate surface area is 96.6 Å². The molecular weight excluding hydrogens is 205 g/mol. The normalized spacial score (nSPS) is 10.6. The van der Waals surface area contributed by atoms with Gasteiger partial charge in [0.15, 0.2) is 0 Å². The number of rotatable bonds is 7. The zero-order valence-corrected chi connectivity index (χ0v) is 9.84. The molecule has 0 unspecified atom stereocenters. The maximum absolute atomic E-state index is 13.1. The van der Waals surface area contributed by atoms with Gasteiger partial charge in [-0.1, -0.05) is 32.3 Å². The van der Waals surface area contributed by atoms with Crippen LogP contribution in [-0.2, 0) is 11.3 Å². The molecule has 0 saturated carbocycles. The van der Waals surface area contributed by atoms with Crippen LogP contribution < -0.4 is 5.73 Å². The molecule has 3 heteroatoms. The second-order valence-electron chi connectivity index (χ2n) is 3.97. The molecule has 1 rings (SSSR count). The second-order valence-corrected chi connectivity index (χ2v) is 3.97. The van der Waals surface area contributed by atoms with E-state index in [9.17, 15) is 4.39 Å². The van der Waals surface area contributed by atoms with E-state index in [1.54, 1.807) is 12.1 Å². The predicted molar refractivity (Wildman–Crippen MR) is 64.6 cm³/mol. The fourth-order valence-corrected chi connectivity index (χ4v) is 1.48. The van der Waals surface area contributed by atoms with Crippen LogP contribution in [-0.4, -0.2) is 6.61 Å². The lowest BCUT2D eigenvalue weighted by Gasteiger charge is -2.05. The van der Waals surface area contributed by atoms with Crippen molar-refractivity contribution in [1.82, 2.24) is 0 Å². The lowest BCUT2D eigenvalue weighted by Crippen LogP contribution is -1.97. The van der Waals surface area contributed by atoms with Crippen molar-refractivity contribution < 1.29 is 9.13 Å². The zero-order valence-electron chi connectivity index (χ0n) is 9.84. The van der Waals surface area contributed by atoms with Crippen molar-refractivity contribution >= 4 is 5.69 Å². The summed E-state index contributed by atoms with van der Waals surface area (Å²) in [5.74, 6) is -0.368. The van der Waals surface area contributed by atoms with Gasteiger partial charge in [-0.25, -0.2) is 4.39 Å². The summed E-state index contributed by atoms with van der Waals surface area (Å²) in [6.45, 7) is 3.38. The summed E-state index contributed by atoms with van der Waals surface area (Å²) in [5.41, 5.74) is 6.40. The minimum atomic E-state index is -0.368. The van der Waals surface area contributed by atoms with Crippen molar-refractivity contribution in [2.45, 2.75) is 39.2 Å². The van der Waals surface area contributed by atoms with Gasteiger partial charge in [0.2, 0.25) is 0 Å². The van der Waals surface area contributed by atoms with Gasteiger partial charge in [0.25, 0.3) is 0 Å². The number of hydrogen-bond acceptors (Lipinski definition) is 2. The van der Waals surface area contributed by atoms with Gasteiger partial charge in [-0.2, -0.15) is 0 Å². The van der Waals surface area contributed by atoms with Gasteiger partial charge in [-0.3, -0.25) is 0 Å². The Morgan fingerprint density at radius 1 is 1.25 bits per heavy atom. The molecule has 0 heterocycles. The van der Waals surface area contributed by atoms with Crippen molar-refractivity contribution in [1.29, 1.82) is 0 Å². The highest BCUT2D eigenvalue weighted by Crippen LogP contribution is 2.12. The number of unbranched alkanes of at least 4 members (excludes halogenated alkanes) is 3. The first-order chi connectivity index (χ1) is 7.74. The van der Waals surface area contributed by atoms with Crippen molar-refractivity contribution in [3.05, 3.63) is 29.6 Å². The molecule has 90 valence electrons. The van der Waals surface area contributed by atoms with Crippen molar-refractivity contribution in [2.24, 2.45) is 0 Å². The second kappa shape index (κ2) is 7.23. The Bertz CT molecular complexity index is 315. The molecule has 0 fully saturated rings. The molecule has 0 spiro atoms. The van der Waals surface area contributed by atoms with Crippen molar-refractivity contribution in [3.63, 3.8) is 0 Å². The number of nitrogens with two attached hydrogens (primary N) is 1. The quantitative estimate of drug-likeness (QED) is 0.569. The molecule has 0 aliphatic heterocycles. The molecule has 0 aromatic heterocycles. The topological polar surface area (TPSA) is 35.2 Å². The molecule has 16 heavy (non-hydrogen) atoms. The van der Waals surface area contributed by atoms with Crippen LogP contribution in [0.2, 0.25) is 0 Å². The van der Waals surface area contributed by atoms with Crippen LogP contribution in [0.5, 0.6) is 0 Å². The summed E-state index contributed by atoms with van der Waals surface area (Å²) in [4.78, 5) is 0. The third-order valence-electron chi connectivity index (χ3n) is 2.48. The van der Waals surface area contributed by atoms with Crippen LogP contribution in [0.1, 0.15) is 38.2 Å². The molecule has 0 atom stereocenters. The van der Waals surface area contributed by atoms with Crippen LogP contribution in [0.3, 0.4) is 0 Å². The highest BCUT2D eigenvalue weighted by molar-refractivity contribution is 5.41. The van der Waals surface area contributed by atoms with Crippen LogP contribution in [0.4, 0.5) is 10.1 Å². The average molecular weight is 225 g/mol. The lowest BCUT2D eigenvalue weighted by molar-refractivity contribution is 0.116. The molecule has 2 N–H and O–H groups in total. The summed E-state index contributed by atoms with van der Waals surface area (Å²) >= 11 is 0. The molecular formula is C13H20FNO. The number of benzene rings is 1. The minimum Gasteiger partial charge on any atom is -0.396 e. The maximum atomic E-state index is 13.1. The van der Waals surface area contributed by atoms with Gasteiger partial charge in [0.05, 0.1) is 12.3 Å². The van der Waals surface area contributed by atoms with Crippen molar-refractivity contribution in [3.8, 4) is 0 Å². The molecule has 0 aliphatic rings. The molecule has 1 aromatic rings. The Morgan fingerprint density at radius 2 is 2.06 bits per heavy atom. The first kappa shape index (κ1) is 13.0. The van der Waals surface area contributed by atoms with Gasteiger partial charge in [0.1, 0.15) is 5.82 Å². The van der Waals surface area contributed by atoms with Crippen molar-refractivity contribution in [2.75, 3.05) is 12.3 Å². The Kier molecular flexibility index (Phi) is 5.86. The highest BCUT2D eigenvalue weighted by atomic mass is 19.1. The van der Waals surface area contributed by atoms with E-state index < -0.39 is 0 Å². The average Bonchev–Trinajstić information content (AvgIpc) is 2.28. The molecule has 1 aromatic carbocycles. The number of nitrogen functional groups attached to an aromatic ring is 1. The number of anilines is 1. The van der Waals surface area contributed by atoms with E-state index in [1.807, 2.05) is 0 Å².